The fourth-order valence-corrected chi connectivity index (χ4v) is 3.70. The van der Waals surface area contributed by atoms with Crippen molar-refractivity contribution in [2.24, 2.45) is 5.92 Å². The van der Waals surface area contributed by atoms with E-state index in [1.165, 1.54) is 23.1 Å². The lowest BCUT2D eigenvalue weighted by Crippen LogP contribution is -2.26. The molecule has 3 rings (SSSR count). The Morgan fingerprint density at radius 1 is 1.23 bits per heavy atom. The third-order valence-corrected chi connectivity index (χ3v) is 5.19. The molecule has 1 unspecified atom stereocenters. The summed E-state index contributed by atoms with van der Waals surface area (Å²) in [6.45, 7) is 5.11. The minimum atomic E-state index is -0.183. The Bertz CT molecular complexity index is 760. The van der Waals surface area contributed by atoms with Gasteiger partial charge in [-0.15, -0.1) is 0 Å². The standard InChI is InChI=1S/C21H26ClN3O/c1-15-3-8-20(24-21(26)23-2)18(11-15)14-25-10-9-17(13-25)12-16-4-6-19(22)7-5-16/h3-8,11,17H,9-10,12-14H2,1-2H3,(H2,23,24,26). The summed E-state index contributed by atoms with van der Waals surface area (Å²) in [7, 11) is 1.63. The van der Waals surface area contributed by atoms with Crippen molar-refractivity contribution in [1.82, 2.24) is 10.2 Å². The number of carbonyl (C=O) groups excluding carboxylic acids is 1. The third kappa shape index (κ3) is 4.99. The van der Waals surface area contributed by atoms with Crippen LogP contribution >= 0.6 is 11.6 Å². The topological polar surface area (TPSA) is 44.4 Å². The monoisotopic (exact) mass is 371 g/mol. The highest BCUT2D eigenvalue weighted by molar-refractivity contribution is 6.30. The van der Waals surface area contributed by atoms with Crippen molar-refractivity contribution in [2.75, 3.05) is 25.5 Å². The van der Waals surface area contributed by atoms with Gasteiger partial charge in [-0.25, -0.2) is 4.79 Å². The van der Waals surface area contributed by atoms with Crippen LogP contribution in [0.25, 0.3) is 0 Å². The van der Waals surface area contributed by atoms with Crippen LogP contribution < -0.4 is 10.6 Å². The normalized spacial score (nSPS) is 17.3. The van der Waals surface area contributed by atoms with Crippen LogP contribution in [-0.2, 0) is 13.0 Å². The lowest BCUT2D eigenvalue weighted by molar-refractivity contribution is 0.254. The Hall–Kier alpha value is -2.04. The minimum absolute atomic E-state index is 0.183. The molecule has 0 aliphatic carbocycles. The number of nitrogens with zero attached hydrogens (tertiary/aromatic N) is 1. The van der Waals surface area contributed by atoms with Gasteiger partial charge in [0.2, 0.25) is 0 Å². The predicted molar refractivity (Wildman–Crippen MR) is 108 cm³/mol. The molecule has 0 aromatic heterocycles. The lowest BCUT2D eigenvalue weighted by atomic mass is 9.99. The van der Waals surface area contributed by atoms with Crippen LogP contribution in [0.3, 0.4) is 0 Å². The zero-order valence-electron chi connectivity index (χ0n) is 15.4. The average molecular weight is 372 g/mol. The molecule has 4 nitrogen and oxygen atoms in total. The molecule has 1 aliphatic heterocycles. The number of hydrogen-bond donors (Lipinski definition) is 2. The highest BCUT2D eigenvalue weighted by Crippen LogP contribution is 2.26. The first-order chi connectivity index (χ1) is 12.5. The lowest BCUT2D eigenvalue weighted by Gasteiger charge is -2.19. The molecule has 0 bridgehead atoms. The molecule has 2 aromatic carbocycles. The Balaban J connectivity index is 1.62. The fourth-order valence-electron chi connectivity index (χ4n) is 3.58. The molecular weight excluding hydrogens is 346 g/mol. The van der Waals surface area contributed by atoms with Gasteiger partial charge in [0.05, 0.1) is 0 Å². The van der Waals surface area contributed by atoms with Gasteiger partial charge in [0.25, 0.3) is 0 Å². The first-order valence-corrected chi connectivity index (χ1v) is 9.46. The molecule has 1 aliphatic rings. The number of amides is 2. The van der Waals surface area contributed by atoms with E-state index in [2.05, 4.69) is 40.7 Å². The van der Waals surface area contributed by atoms with Gasteiger partial charge in [0, 0.05) is 30.8 Å². The highest BCUT2D eigenvalue weighted by Gasteiger charge is 2.23. The fraction of sp³-hybridized carbons (Fsp3) is 0.381. The van der Waals surface area contributed by atoms with E-state index >= 15 is 0 Å². The number of nitrogens with one attached hydrogen (secondary N) is 2. The number of halogens is 1. The number of likely N-dealkylation sites (tertiary alicyclic amines) is 1. The molecule has 0 spiro atoms. The molecular formula is C21H26ClN3O. The zero-order chi connectivity index (χ0) is 18.5. The average Bonchev–Trinajstić information content (AvgIpc) is 3.06. The molecule has 2 amide bonds. The van der Waals surface area contributed by atoms with Gasteiger partial charge in [0.1, 0.15) is 0 Å². The number of urea groups is 1. The Kier molecular flexibility index (Phi) is 6.17. The maximum absolute atomic E-state index is 11.7. The van der Waals surface area contributed by atoms with Gasteiger partial charge < -0.3 is 10.6 Å². The van der Waals surface area contributed by atoms with Crippen LogP contribution in [0, 0.1) is 12.8 Å². The molecule has 1 saturated heterocycles. The minimum Gasteiger partial charge on any atom is -0.341 e. The van der Waals surface area contributed by atoms with Crippen molar-refractivity contribution in [3.63, 3.8) is 0 Å². The molecule has 0 radical (unpaired) electrons. The summed E-state index contributed by atoms with van der Waals surface area (Å²) < 4.78 is 0. The SMILES string of the molecule is CNC(=O)Nc1ccc(C)cc1CN1CCC(Cc2ccc(Cl)cc2)C1. The second kappa shape index (κ2) is 8.56. The maximum atomic E-state index is 11.7. The molecule has 2 N–H and O–H groups in total. The van der Waals surface area contributed by atoms with Crippen molar-refractivity contribution < 1.29 is 4.79 Å². The molecule has 26 heavy (non-hydrogen) atoms. The number of anilines is 1. The van der Waals surface area contributed by atoms with Crippen molar-refractivity contribution in [3.8, 4) is 0 Å². The van der Waals surface area contributed by atoms with Crippen molar-refractivity contribution in [1.29, 1.82) is 0 Å². The predicted octanol–water partition coefficient (Wildman–Crippen LogP) is 4.46. The smallest absolute Gasteiger partial charge is 0.318 e. The second-order valence-corrected chi connectivity index (χ2v) is 7.52. The largest absolute Gasteiger partial charge is 0.341 e. The van der Waals surface area contributed by atoms with E-state index in [1.807, 2.05) is 24.3 Å². The molecule has 2 aromatic rings. The summed E-state index contributed by atoms with van der Waals surface area (Å²) in [6, 6.07) is 14.2. The summed E-state index contributed by atoms with van der Waals surface area (Å²) in [5.41, 5.74) is 4.61. The summed E-state index contributed by atoms with van der Waals surface area (Å²) in [5.74, 6) is 0.663. The van der Waals surface area contributed by atoms with Gasteiger partial charge in [-0.2, -0.15) is 0 Å². The van der Waals surface area contributed by atoms with E-state index in [-0.39, 0.29) is 6.03 Å². The zero-order valence-corrected chi connectivity index (χ0v) is 16.1. The van der Waals surface area contributed by atoms with Crippen molar-refractivity contribution in [2.45, 2.75) is 26.3 Å². The first-order valence-electron chi connectivity index (χ1n) is 9.08. The van der Waals surface area contributed by atoms with E-state index in [9.17, 15) is 4.79 Å². The van der Waals surface area contributed by atoms with E-state index in [0.717, 1.165) is 36.8 Å². The second-order valence-electron chi connectivity index (χ2n) is 7.09. The van der Waals surface area contributed by atoms with Crippen molar-refractivity contribution >= 4 is 23.3 Å². The highest BCUT2D eigenvalue weighted by atomic mass is 35.5. The molecule has 138 valence electrons. The summed E-state index contributed by atoms with van der Waals surface area (Å²) >= 11 is 5.97. The van der Waals surface area contributed by atoms with Crippen molar-refractivity contribution in [3.05, 3.63) is 64.2 Å². The first kappa shape index (κ1) is 18.7. The quantitative estimate of drug-likeness (QED) is 0.814. The number of hydrogen-bond acceptors (Lipinski definition) is 2. The number of carbonyl (C=O) groups is 1. The van der Waals surface area contributed by atoms with E-state index in [4.69, 9.17) is 11.6 Å². The summed E-state index contributed by atoms with van der Waals surface area (Å²) in [6.07, 6.45) is 2.29. The Labute approximate surface area is 160 Å². The number of rotatable bonds is 5. The van der Waals surface area contributed by atoms with Crippen LogP contribution in [0.1, 0.15) is 23.1 Å². The molecule has 1 heterocycles. The van der Waals surface area contributed by atoms with Crippen LogP contribution in [0.2, 0.25) is 5.02 Å². The van der Waals surface area contributed by atoms with E-state index in [0.29, 0.717) is 5.92 Å². The Morgan fingerprint density at radius 3 is 2.73 bits per heavy atom. The van der Waals surface area contributed by atoms with Crippen LogP contribution in [0.15, 0.2) is 42.5 Å². The Morgan fingerprint density at radius 2 is 2.00 bits per heavy atom. The molecule has 0 saturated carbocycles. The molecule has 5 heteroatoms. The van der Waals surface area contributed by atoms with Gasteiger partial charge in [-0.05, 0) is 61.6 Å². The number of benzene rings is 2. The molecule has 1 atom stereocenters. The van der Waals surface area contributed by atoms with Gasteiger partial charge >= 0.3 is 6.03 Å². The third-order valence-electron chi connectivity index (χ3n) is 4.94. The van der Waals surface area contributed by atoms with Crippen LogP contribution in [0.5, 0.6) is 0 Å². The van der Waals surface area contributed by atoms with Gasteiger partial charge in [-0.3, -0.25) is 4.90 Å². The van der Waals surface area contributed by atoms with Crippen LogP contribution in [-0.4, -0.2) is 31.1 Å². The van der Waals surface area contributed by atoms with Gasteiger partial charge in [0.15, 0.2) is 0 Å². The van der Waals surface area contributed by atoms with Crippen LogP contribution in [0.4, 0.5) is 10.5 Å². The summed E-state index contributed by atoms with van der Waals surface area (Å²) in [5, 5.41) is 6.33. The van der Waals surface area contributed by atoms with E-state index < -0.39 is 0 Å². The summed E-state index contributed by atoms with van der Waals surface area (Å²) in [4.78, 5) is 14.2. The van der Waals surface area contributed by atoms with Gasteiger partial charge in [-0.1, -0.05) is 41.4 Å². The maximum Gasteiger partial charge on any atom is 0.318 e. The number of aryl methyl sites for hydroxylation is 1. The van der Waals surface area contributed by atoms with E-state index in [1.54, 1.807) is 7.05 Å². The molecule has 1 fully saturated rings.